The molecule has 0 radical (unpaired) electrons. The summed E-state index contributed by atoms with van der Waals surface area (Å²) in [5, 5.41) is 12.5. The van der Waals surface area contributed by atoms with Crippen molar-refractivity contribution in [3.8, 4) is 0 Å². The molecule has 0 saturated heterocycles. The third kappa shape index (κ3) is 5.04. The molecule has 0 aliphatic carbocycles. The first-order valence-electron chi connectivity index (χ1n) is 6.11. The summed E-state index contributed by atoms with van der Waals surface area (Å²) in [5.74, 6) is 0.954. The van der Waals surface area contributed by atoms with Crippen molar-refractivity contribution in [3.05, 3.63) is 47.5 Å². The molecule has 5 heteroatoms. The van der Waals surface area contributed by atoms with Crippen LogP contribution in [0.5, 0.6) is 0 Å². The highest BCUT2D eigenvalue weighted by atomic mass is 32.2. The van der Waals surface area contributed by atoms with Crippen LogP contribution in [0.3, 0.4) is 0 Å². The van der Waals surface area contributed by atoms with E-state index in [4.69, 9.17) is 0 Å². The van der Waals surface area contributed by atoms with Crippen LogP contribution >= 0.6 is 23.1 Å². The molecule has 0 fully saturated rings. The minimum atomic E-state index is 0.786. The summed E-state index contributed by atoms with van der Waals surface area (Å²) in [7, 11) is 0. The topological polar surface area (TPSA) is 37.8 Å². The number of hydrogen-bond acceptors (Lipinski definition) is 5. The van der Waals surface area contributed by atoms with E-state index in [0.29, 0.717) is 0 Å². The average molecular weight is 291 g/mol. The van der Waals surface area contributed by atoms with Gasteiger partial charge >= 0.3 is 0 Å². The second kappa shape index (κ2) is 7.31. The van der Waals surface area contributed by atoms with Crippen LogP contribution in [-0.4, -0.2) is 16.0 Å². The Morgan fingerprint density at radius 1 is 1.26 bits per heavy atom. The van der Waals surface area contributed by atoms with Crippen LogP contribution in [-0.2, 0) is 6.54 Å². The molecule has 3 nitrogen and oxygen atoms in total. The van der Waals surface area contributed by atoms with E-state index in [2.05, 4.69) is 47.6 Å². The van der Waals surface area contributed by atoms with Crippen LogP contribution in [0, 0.1) is 0 Å². The van der Waals surface area contributed by atoms with Gasteiger partial charge in [-0.3, -0.25) is 0 Å². The zero-order chi connectivity index (χ0) is 13.5. The molecule has 0 bridgehead atoms. The lowest BCUT2D eigenvalue weighted by atomic mass is 10.2. The van der Waals surface area contributed by atoms with Crippen molar-refractivity contribution < 1.29 is 0 Å². The number of benzene rings is 1. The van der Waals surface area contributed by atoms with Gasteiger partial charge in [0.25, 0.3) is 0 Å². The molecule has 1 N–H and O–H groups in total. The van der Waals surface area contributed by atoms with Crippen LogP contribution in [0.2, 0.25) is 0 Å². The fourth-order valence-corrected chi connectivity index (χ4v) is 3.20. The molecule has 0 amide bonds. The zero-order valence-electron chi connectivity index (χ0n) is 11.1. The van der Waals surface area contributed by atoms with Gasteiger partial charge in [0.1, 0.15) is 0 Å². The highest BCUT2D eigenvalue weighted by Gasteiger charge is 2.03. The van der Waals surface area contributed by atoms with Gasteiger partial charge in [-0.15, -0.1) is 10.2 Å². The molecule has 0 saturated carbocycles. The van der Waals surface area contributed by atoms with Crippen LogP contribution in [0.25, 0.3) is 0 Å². The lowest BCUT2D eigenvalue weighted by molar-refractivity contribution is 0.996. The predicted molar refractivity (Wildman–Crippen MR) is 83.8 cm³/mol. The number of rotatable bonds is 6. The second-order valence-electron chi connectivity index (χ2n) is 4.30. The summed E-state index contributed by atoms with van der Waals surface area (Å²) in [6.07, 6.45) is 2.20. The normalized spacial score (nSPS) is 10.2. The Labute approximate surface area is 122 Å². The van der Waals surface area contributed by atoms with Crippen LogP contribution in [0.1, 0.15) is 19.4 Å². The van der Waals surface area contributed by atoms with Crippen molar-refractivity contribution in [3.63, 3.8) is 0 Å². The van der Waals surface area contributed by atoms with Crippen LogP contribution < -0.4 is 5.32 Å². The van der Waals surface area contributed by atoms with E-state index in [9.17, 15) is 0 Å². The van der Waals surface area contributed by atoms with Crippen molar-refractivity contribution in [2.75, 3.05) is 11.1 Å². The number of nitrogens with one attached hydrogen (secondary N) is 1. The molecule has 0 spiro atoms. The van der Waals surface area contributed by atoms with Gasteiger partial charge < -0.3 is 5.32 Å². The average Bonchev–Trinajstić information content (AvgIpc) is 2.85. The summed E-state index contributed by atoms with van der Waals surface area (Å²) >= 11 is 3.32. The van der Waals surface area contributed by atoms with Gasteiger partial charge in [0.2, 0.25) is 5.13 Å². The summed E-state index contributed by atoms with van der Waals surface area (Å²) in [4.78, 5) is 0. The maximum Gasteiger partial charge on any atom is 0.206 e. The van der Waals surface area contributed by atoms with Gasteiger partial charge in [0.05, 0.1) is 0 Å². The molecular weight excluding hydrogens is 274 g/mol. The van der Waals surface area contributed by atoms with Crippen molar-refractivity contribution in [1.82, 2.24) is 10.2 Å². The molecule has 100 valence electrons. The molecule has 2 rings (SSSR count). The van der Waals surface area contributed by atoms with Crippen molar-refractivity contribution in [2.24, 2.45) is 0 Å². The third-order valence-electron chi connectivity index (χ3n) is 2.39. The minimum absolute atomic E-state index is 0.786. The first kappa shape index (κ1) is 14.1. The van der Waals surface area contributed by atoms with Crippen LogP contribution in [0.4, 0.5) is 5.13 Å². The van der Waals surface area contributed by atoms with E-state index in [1.165, 1.54) is 11.1 Å². The summed E-state index contributed by atoms with van der Waals surface area (Å²) < 4.78 is 1.01. The fourth-order valence-electron chi connectivity index (χ4n) is 1.39. The van der Waals surface area contributed by atoms with Gasteiger partial charge in [-0.25, -0.2) is 0 Å². The van der Waals surface area contributed by atoms with E-state index in [0.717, 1.165) is 21.8 Å². The fraction of sp³-hybridized carbons (Fsp3) is 0.286. The number of aromatic nitrogens is 2. The molecule has 0 unspecified atom stereocenters. The largest absolute Gasteiger partial charge is 0.356 e. The smallest absolute Gasteiger partial charge is 0.206 e. The Kier molecular flexibility index (Phi) is 5.42. The Balaban J connectivity index is 1.82. The van der Waals surface area contributed by atoms with E-state index < -0.39 is 0 Å². The Bertz CT molecular complexity index is 531. The SMILES string of the molecule is CC(C)=CCSc1nnc(NCc2ccccc2)s1. The number of nitrogens with zero attached hydrogens (tertiary/aromatic N) is 2. The minimum Gasteiger partial charge on any atom is -0.356 e. The second-order valence-corrected chi connectivity index (χ2v) is 6.55. The number of hydrogen-bond donors (Lipinski definition) is 1. The molecule has 0 aliphatic heterocycles. The monoisotopic (exact) mass is 291 g/mol. The number of allylic oxidation sites excluding steroid dienone is 1. The highest BCUT2D eigenvalue weighted by Crippen LogP contribution is 2.25. The Morgan fingerprint density at radius 3 is 2.79 bits per heavy atom. The molecule has 19 heavy (non-hydrogen) atoms. The van der Waals surface area contributed by atoms with Gasteiger partial charge in [0, 0.05) is 12.3 Å². The van der Waals surface area contributed by atoms with E-state index in [1.807, 2.05) is 18.2 Å². The van der Waals surface area contributed by atoms with Gasteiger partial charge in [-0.2, -0.15) is 0 Å². The molecule has 0 aliphatic rings. The van der Waals surface area contributed by atoms with Gasteiger partial charge in [-0.05, 0) is 19.4 Å². The molecule has 1 aromatic heterocycles. The number of thioether (sulfide) groups is 1. The van der Waals surface area contributed by atoms with Crippen molar-refractivity contribution in [2.45, 2.75) is 24.7 Å². The molecular formula is C14H17N3S2. The molecule has 1 heterocycles. The van der Waals surface area contributed by atoms with Crippen LogP contribution in [0.15, 0.2) is 46.3 Å². The first-order chi connectivity index (χ1) is 9.24. The Morgan fingerprint density at radius 2 is 2.05 bits per heavy atom. The lowest BCUT2D eigenvalue weighted by Gasteiger charge is -2.00. The van der Waals surface area contributed by atoms with Crippen molar-refractivity contribution >= 4 is 28.2 Å². The molecule has 0 atom stereocenters. The van der Waals surface area contributed by atoms with E-state index >= 15 is 0 Å². The maximum absolute atomic E-state index is 4.17. The van der Waals surface area contributed by atoms with Gasteiger partial charge in [-0.1, -0.05) is 65.1 Å². The van der Waals surface area contributed by atoms with E-state index in [-0.39, 0.29) is 0 Å². The highest BCUT2D eigenvalue weighted by molar-refractivity contribution is 8.01. The zero-order valence-corrected chi connectivity index (χ0v) is 12.7. The van der Waals surface area contributed by atoms with Crippen molar-refractivity contribution in [1.29, 1.82) is 0 Å². The maximum atomic E-state index is 4.17. The van der Waals surface area contributed by atoms with Gasteiger partial charge in [0.15, 0.2) is 4.34 Å². The summed E-state index contributed by atoms with van der Waals surface area (Å²) in [6, 6.07) is 10.3. The molecule has 1 aromatic carbocycles. The molecule has 2 aromatic rings. The third-order valence-corrected chi connectivity index (χ3v) is 4.33. The lowest BCUT2D eigenvalue weighted by Crippen LogP contribution is -1.98. The Hall–Kier alpha value is -1.33. The predicted octanol–water partition coefficient (Wildman–Crippen LogP) is 4.21. The summed E-state index contributed by atoms with van der Waals surface area (Å²) in [5.41, 5.74) is 2.58. The number of anilines is 1. The summed E-state index contributed by atoms with van der Waals surface area (Å²) in [6.45, 7) is 5.00. The quantitative estimate of drug-likeness (QED) is 0.639. The van der Waals surface area contributed by atoms with E-state index in [1.54, 1.807) is 23.1 Å². The standard InChI is InChI=1S/C14H17N3S2/c1-11(2)8-9-18-14-17-16-13(19-14)15-10-12-6-4-3-5-7-12/h3-8H,9-10H2,1-2H3,(H,15,16). The first-order valence-corrected chi connectivity index (χ1v) is 7.92.